The van der Waals surface area contributed by atoms with Crippen LogP contribution in [0, 0.1) is 0 Å². The van der Waals surface area contributed by atoms with Crippen molar-refractivity contribution in [2.75, 3.05) is 26.4 Å². The van der Waals surface area contributed by atoms with Gasteiger partial charge in [0.1, 0.15) is 0 Å². The average molecular weight is 343 g/mol. The maximum Gasteiger partial charge on any atom is 0.416 e. The molecule has 0 amide bonds. The first-order valence-electron chi connectivity index (χ1n) is 8.58. The number of hydrogen-bond acceptors (Lipinski definition) is 3. The van der Waals surface area contributed by atoms with E-state index in [0.717, 1.165) is 51.6 Å². The van der Waals surface area contributed by atoms with Crippen LogP contribution in [0.1, 0.15) is 36.8 Å². The van der Waals surface area contributed by atoms with Crippen LogP contribution in [0.3, 0.4) is 0 Å². The minimum Gasteiger partial charge on any atom is -0.381 e. The Bertz CT molecular complexity index is 536. The van der Waals surface area contributed by atoms with Crippen LogP contribution in [-0.4, -0.2) is 38.0 Å². The highest BCUT2D eigenvalue weighted by Crippen LogP contribution is 2.34. The van der Waals surface area contributed by atoms with E-state index in [4.69, 9.17) is 9.47 Å². The summed E-state index contributed by atoms with van der Waals surface area (Å²) in [7, 11) is 0. The third kappa shape index (κ3) is 4.49. The maximum absolute atomic E-state index is 12.7. The van der Waals surface area contributed by atoms with E-state index in [1.165, 1.54) is 12.1 Å². The van der Waals surface area contributed by atoms with E-state index in [1.807, 2.05) is 0 Å². The molecule has 1 aromatic carbocycles. The van der Waals surface area contributed by atoms with Crippen molar-refractivity contribution in [2.45, 2.75) is 49.9 Å². The first-order valence-corrected chi connectivity index (χ1v) is 8.58. The molecular weight excluding hydrogens is 319 g/mol. The number of halogens is 3. The second-order valence-corrected chi connectivity index (χ2v) is 6.74. The molecule has 24 heavy (non-hydrogen) atoms. The number of nitrogens with one attached hydrogen (secondary N) is 1. The number of ether oxygens (including phenoxy) is 2. The molecule has 1 aromatic rings. The van der Waals surface area contributed by atoms with E-state index in [2.05, 4.69) is 5.32 Å². The van der Waals surface area contributed by atoms with Crippen molar-refractivity contribution < 1.29 is 22.6 Å². The van der Waals surface area contributed by atoms with Gasteiger partial charge in [-0.3, -0.25) is 0 Å². The molecule has 3 nitrogen and oxygen atoms in total. The SMILES string of the molecule is FC(F)(F)c1cccc(CCN[C@@H]2CCOC3(CCOCC3)C2)c1. The summed E-state index contributed by atoms with van der Waals surface area (Å²) in [5.41, 5.74) is 0.0714. The van der Waals surface area contributed by atoms with Gasteiger partial charge in [-0.1, -0.05) is 18.2 Å². The standard InChI is InChI=1S/C18H24F3NO2/c19-18(20,21)15-3-1-2-14(12-15)4-8-22-16-5-9-24-17(13-16)6-10-23-11-7-17/h1-3,12,16,22H,4-11,13H2/t16-/m1/s1. The Morgan fingerprint density at radius 2 is 1.96 bits per heavy atom. The molecule has 2 aliphatic heterocycles. The predicted molar refractivity (Wildman–Crippen MR) is 84.9 cm³/mol. The smallest absolute Gasteiger partial charge is 0.381 e. The molecule has 3 rings (SSSR count). The van der Waals surface area contributed by atoms with Gasteiger partial charge in [-0.2, -0.15) is 13.2 Å². The Hall–Kier alpha value is -1.11. The topological polar surface area (TPSA) is 30.5 Å². The van der Waals surface area contributed by atoms with E-state index < -0.39 is 11.7 Å². The van der Waals surface area contributed by atoms with Gasteiger partial charge >= 0.3 is 6.18 Å². The van der Waals surface area contributed by atoms with Crippen molar-refractivity contribution in [1.82, 2.24) is 5.32 Å². The lowest BCUT2D eigenvalue weighted by Crippen LogP contribution is -2.50. The van der Waals surface area contributed by atoms with Gasteiger partial charge in [0, 0.05) is 25.9 Å². The molecule has 0 aromatic heterocycles. The highest BCUT2D eigenvalue weighted by molar-refractivity contribution is 5.25. The van der Waals surface area contributed by atoms with Gasteiger partial charge in [0.25, 0.3) is 0 Å². The fraction of sp³-hybridized carbons (Fsp3) is 0.667. The molecule has 0 aliphatic carbocycles. The molecule has 2 aliphatic rings. The first kappa shape index (κ1) is 17.7. The summed E-state index contributed by atoms with van der Waals surface area (Å²) in [6.45, 7) is 2.91. The van der Waals surface area contributed by atoms with Crippen LogP contribution in [0.15, 0.2) is 24.3 Å². The van der Waals surface area contributed by atoms with E-state index in [1.54, 1.807) is 6.07 Å². The molecule has 1 N–H and O–H groups in total. The lowest BCUT2D eigenvalue weighted by molar-refractivity contribution is -0.140. The second kappa shape index (κ2) is 7.42. The first-order chi connectivity index (χ1) is 11.5. The molecule has 0 saturated carbocycles. The summed E-state index contributed by atoms with van der Waals surface area (Å²) < 4.78 is 49.7. The zero-order valence-corrected chi connectivity index (χ0v) is 13.7. The summed E-state index contributed by atoms with van der Waals surface area (Å²) in [6, 6.07) is 5.95. The van der Waals surface area contributed by atoms with Crippen molar-refractivity contribution in [3.63, 3.8) is 0 Å². The lowest BCUT2D eigenvalue weighted by Gasteiger charge is -2.43. The highest BCUT2D eigenvalue weighted by Gasteiger charge is 2.38. The minimum absolute atomic E-state index is 0.0651. The quantitative estimate of drug-likeness (QED) is 0.907. The fourth-order valence-electron chi connectivity index (χ4n) is 3.62. The van der Waals surface area contributed by atoms with Crippen LogP contribution in [-0.2, 0) is 22.1 Å². The Balaban J connectivity index is 1.49. The van der Waals surface area contributed by atoms with Gasteiger partial charge in [-0.05, 0) is 50.3 Å². The monoisotopic (exact) mass is 343 g/mol. The van der Waals surface area contributed by atoms with Gasteiger partial charge in [-0.15, -0.1) is 0 Å². The molecule has 2 saturated heterocycles. The number of benzene rings is 1. The van der Waals surface area contributed by atoms with Crippen LogP contribution in [0.5, 0.6) is 0 Å². The van der Waals surface area contributed by atoms with Gasteiger partial charge in [0.15, 0.2) is 0 Å². The molecule has 2 heterocycles. The van der Waals surface area contributed by atoms with Gasteiger partial charge < -0.3 is 14.8 Å². The lowest BCUT2D eigenvalue weighted by atomic mass is 9.84. The Morgan fingerprint density at radius 3 is 2.71 bits per heavy atom. The van der Waals surface area contributed by atoms with E-state index in [0.29, 0.717) is 24.6 Å². The predicted octanol–water partition coefficient (Wildman–Crippen LogP) is 3.57. The van der Waals surface area contributed by atoms with Crippen molar-refractivity contribution >= 4 is 0 Å². The number of hydrogen-bond donors (Lipinski definition) is 1. The summed E-state index contributed by atoms with van der Waals surface area (Å²) >= 11 is 0. The maximum atomic E-state index is 12.7. The van der Waals surface area contributed by atoms with Crippen LogP contribution in [0.25, 0.3) is 0 Å². The largest absolute Gasteiger partial charge is 0.416 e. The second-order valence-electron chi connectivity index (χ2n) is 6.74. The van der Waals surface area contributed by atoms with Crippen molar-refractivity contribution in [3.8, 4) is 0 Å². The normalized spacial score (nSPS) is 24.2. The van der Waals surface area contributed by atoms with Crippen LogP contribution < -0.4 is 5.32 Å². The van der Waals surface area contributed by atoms with E-state index >= 15 is 0 Å². The van der Waals surface area contributed by atoms with Crippen molar-refractivity contribution in [3.05, 3.63) is 35.4 Å². The summed E-state index contributed by atoms with van der Waals surface area (Å²) in [4.78, 5) is 0. The number of alkyl halides is 3. The van der Waals surface area contributed by atoms with Crippen molar-refractivity contribution in [1.29, 1.82) is 0 Å². The fourth-order valence-corrected chi connectivity index (χ4v) is 3.62. The third-order valence-corrected chi connectivity index (χ3v) is 5.00. The molecule has 0 bridgehead atoms. The zero-order valence-electron chi connectivity index (χ0n) is 13.7. The Labute approximate surface area is 140 Å². The minimum atomic E-state index is -4.28. The van der Waals surface area contributed by atoms with Crippen LogP contribution in [0.4, 0.5) is 13.2 Å². The Morgan fingerprint density at radius 1 is 1.17 bits per heavy atom. The Kier molecular flexibility index (Phi) is 5.47. The number of rotatable bonds is 4. The molecule has 6 heteroatoms. The zero-order chi connectivity index (χ0) is 17.0. The molecule has 134 valence electrons. The summed E-state index contributed by atoms with van der Waals surface area (Å²) in [5, 5.41) is 3.50. The van der Waals surface area contributed by atoms with E-state index in [-0.39, 0.29) is 5.60 Å². The van der Waals surface area contributed by atoms with Gasteiger partial charge in [0.05, 0.1) is 11.2 Å². The third-order valence-electron chi connectivity index (χ3n) is 5.00. The average Bonchev–Trinajstić information content (AvgIpc) is 2.55. The molecular formula is C18H24F3NO2. The summed E-state index contributed by atoms with van der Waals surface area (Å²) in [6.07, 6.45) is 0.0821. The molecule has 1 spiro atoms. The van der Waals surface area contributed by atoms with Gasteiger partial charge in [0.2, 0.25) is 0 Å². The van der Waals surface area contributed by atoms with Gasteiger partial charge in [-0.25, -0.2) is 0 Å². The molecule has 0 radical (unpaired) electrons. The van der Waals surface area contributed by atoms with Crippen molar-refractivity contribution in [2.24, 2.45) is 0 Å². The molecule has 2 fully saturated rings. The van der Waals surface area contributed by atoms with Crippen LogP contribution in [0.2, 0.25) is 0 Å². The highest BCUT2D eigenvalue weighted by atomic mass is 19.4. The van der Waals surface area contributed by atoms with Crippen LogP contribution >= 0.6 is 0 Å². The molecule has 0 unspecified atom stereocenters. The summed E-state index contributed by atoms with van der Waals surface area (Å²) in [5.74, 6) is 0. The molecule has 1 atom stereocenters. The van der Waals surface area contributed by atoms with E-state index in [9.17, 15) is 13.2 Å².